The van der Waals surface area contributed by atoms with Gasteiger partial charge in [0.05, 0.1) is 17.7 Å². The number of carbonyl (C=O) groups is 4. The van der Waals surface area contributed by atoms with Gasteiger partial charge in [-0.1, -0.05) is 30.3 Å². The van der Waals surface area contributed by atoms with Gasteiger partial charge in [-0.3, -0.25) is 24.1 Å². The highest BCUT2D eigenvalue weighted by atomic mass is 32.2. The molecular formula is C23H18FN3O5S. The SMILES string of the molecule is COC(=O)Cn1cc(C=C2SC(=O)N(CC(=O)Nc3ccccc3F)C2=O)c2ccccc21. The third-order valence-corrected chi connectivity index (χ3v) is 5.86. The molecule has 1 fully saturated rings. The second kappa shape index (κ2) is 9.29. The van der Waals surface area contributed by atoms with Crippen molar-refractivity contribution in [1.29, 1.82) is 0 Å². The van der Waals surface area contributed by atoms with Crippen molar-refractivity contribution in [3.05, 3.63) is 71.0 Å². The van der Waals surface area contributed by atoms with Crippen molar-refractivity contribution < 1.29 is 28.3 Å². The molecule has 0 spiro atoms. The third kappa shape index (κ3) is 4.65. The fraction of sp³-hybridized carbons (Fsp3) is 0.130. The molecule has 8 nitrogen and oxygen atoms in total. The number of benzene rings is 2. The van der Waals surface area contributed by atoms with E-state index in [1.165, 1.54) is 25.3 Å². The molecule has 2 heterocycles. The Kier molecular flexibility index (Phi) is 6.27. The van der Waals surface area contributed by atoms with Gasteiger partial charge in [-0.15, -0.1) is 0 Å². The minimum absolute atomic E-state index is 0.0114. The summed E-state index contributed by atoms with van der Waals surface area (Å²) >= 11 is 0.708. The van der Waals surface area contributed by atoms with E-state index in [-0.39, 0.29) is 17.1 Å². The Hall–Kier alpha value is -3.92. The smallest absolute Gasteiger partial charge is 0.325 e. The van der Waals surface area contributed by atoms with Crippen LogP contribution in [-0.2, 0) is 25.7 Å². The molecule has 3 aromatic rings. The monoisotopic (exact) mass is 467 g/mol. The Morgan fingerprint density at radius 2 is 1.82 bits per heavy atom. The fourth-order valence-electron chi connectivity index (χ4n) is 3.40. The van der Waals surface area contributed by atoms with E-state index in [2.05, 4.69) is 5.32 Å². The minimum atomic E-state index is -0.696. The number of ether oxygens (including phenoxy) is 1. The summed E-state index contributed by atoms with van der Waals surface area (Å²) in [5.41, 5.74) is 1.36. The Bertz CT molecular complexity index is 1320. The number of fused-ring (bicyclic) bond motifs is 1. The average Bonchev–Trinajstić information content (AvgIpc) is 3.27. The predicted molar refractivity (Wildman–Crippen MR) is 122 cm³/mol. The van der Waals surface area contributed by atoms with Crippen molar-refractivity contribution in [3.8, 4) is 0 Å². The van der Waals surface area contributed by atoms with E-state index < -0.39 is 35.4 Å². The first-order valence-electron chi connectivity index (χ1n) is 9.82. The van der Waals surface area contributed by atoms with Crippen molar-refractivity contribution in [2.45, 2.75) is 6.54 Å². The maximum Gasteiger partial charge on any atom is 0.325 e. The predicted octanol–water partition coefficient (Wildman–Crippen LogP) is 3.63. The number of halogens is 1. The number of para-hydroxylation sites is 2. The summed E-state index contributed by atoms with van der Waals surface area (Å²) in [5.74, 6) is -2.37. The molecule has 1 saturated heterocycles. The van der Waals surface area contributed by atoms with Crippen LogP contribution in [0.15, 0.2) is 59.6 Å². The van der Waals surface area contributed by atoms with Crippen LogP contribution in [0.25, 0.3) is 17.0 Å². The fourth-order valence-corrected chi connectivity index (χ4v) is 4.23. The average molecular weight is 467 g/mol. The summed E-state index contributed by atoms with van der Waals surface area (Å²) in [6.07, 6.45) is 3.25. The molecule has 0 bridgehead atoms. The van der Waals surface area contributed by atoms with E-state index in [1.807, 2.05) is 24.3 Å². The minimum Gasteiger partial charge on any atom is -0.468 e. The van der Waals surface area contributed by atoms with Crippen molar-refractivity contribution in [2.24, 2.45) is 0 Å². The number of aromatic nitrogens is 1. The molecule has 1 N–H and O–H groups in total. The maximum atomic E-state index is 13.7. The number of amides is 3. The van der Waals surface area contributed by atoms with E-state index in [9.17, 15) is 23.6 Å². The van der Waals surface area contributed by atoms with E-state index in [1.54, 1.807) is 22.9 Å². The number of rotatable bonds is 6. The maximum absolute atomic E-state index is 13.7. The van der Waals surface area contributed by atoms with Gasteiger partial charge in [0.1, 0.15) is 18.9 Å². The van der Waals surface area contributed by atoms with E-state index >= 15 is 0 Å². The molecule has 1 aromatic heterocycles. The van der Waals surface area contributed by atoms with Gasteiger partial charge in [0, 0.05) is 22.7 Å². The number of nitrogens with zero attached hydrogens (tertiary/aromatic N) is 2. The van der Waals surface area contributed by atoms with Gasteiger partial charge in [0.25, 0.3) is 11.1 Å². The third-order valence-electron chi connectivity index (χ3n) is 4.96. The van der Waals surface area contributed by atoms with Crippen LogP contribution < -0.4 is 5.32 Å². The Morgan fingerprint density at radius 3 is 2.58 bits per heavy atom. The first-order valence-corrected chi connectivity index (χ1v) is 10.6. The van der Waals surface area contributed by atoms with Crippen LogP contribution in [0.1, 0.15) is 5.56 Å². The van der Waals surface area contributed by atoms with E-state index in [4.69, 9.17) is 4.74 Å². The summed E-state index contributed by atoms with van der Waals surface area (Å²) in [5, 5.41) is 2.54. The number of hydrogen-bond acceptors (Lipinski definition) is 6. The van der Waals surface area contributed by atoms with Crippen LogP contribution in [0.3, 0.4) is 0 Å². The Balaban J connectivity index is 1.56. The lowest BCUT2D eigenvalue weighted by atomic mass is 10.1. The van der Waals surface area contributed by atoms with Crippen LogP contribution in [0, 0.1) is 5.82 Å². The molecule has 1 aliphatic heterocycles. The molecule has 2 aromatic carbocycles. The summed E-state index contributed by atoms with van der Waals surface area (Å²) in [6.45, 7) is -0.553. The second-order valence-electron chi connectivity index (χ2n) is 7.10. The number of nitrogens with one attached hydrogen (secondary N) is 1. The topological polar surface area (TPSA) is 97.7 Å². The van der Waals surface area contributed by atoms with Gasteiger partial charge >= 0.3 is 5.97 Å². The highest BCUT2D eigenvalue weighted by Gasteiger charge is 2.36. The summed E-state index contributed by atoms with van der Waals surface area (Å²) in [4.78, 5) is 50.2. The van der Waals surface area contributed by atoms with Gasteiger partial charge in [-0.05, 0) is 36.0 Å². The van der Waals surface area contributed by atoms with Gasteiger partial charge in [-0.2, -0.15) is 0 Å². The number of carbonyl (C=O) groups excluding carboxylic acids is 4. The zero-order valence-electron chi connectivity index (χ0n) is 17.4. The van der Waals surface area contributed by atoms with Crippen LogP contribution in [0.4, 0.5) is 14.9 Å². The van der Waals surface area contributed by atoms with Crippen LogP contribution in [0.2, 0.25) is 0 Å². The number of thioether (sulfide) groups is 1. The first kappa shape index (κ1) is 22.3. The van der Waals surface area contributed by atoms with Crippen molar-refractivity contribution in [2.75, 3.05) is 19.0 Å². The number of esters is 1. The molecule has 168 valence electrons. The van der Waals surface area contributed by atoms with Crippen molar-refractivity contribution >= 4 is 57.5 Å². The number of anilines is 1. The van der Waals surface area contributed by atoms with Gasteiger partial charge < -0.3 is 14.6 Å². The molecule has 4 rings (SSSR count). The molecular weight excluding hydrogens is 449 g/mol. The van der Waals surface area contributed by atoms with Gasteiger partial charge in [0.15, 0.2) is 0 Å². The van der Waals surface area contributed by atoms with Crippen LogP contribution in [-0.4, -0.2) is 46.1 Å². The normalized spacial score (nSPS) is 14.8. The number of hydrogen-bond donors (Lipinski definition) is 1. The Labute approximate surface area is 192 Å². The highest BCUT2D eigenvalue weighted by Crippen LogP contribution is 2.34. The van der Waals surface area contributed by atoms with Gasteiger partial charge in [0.2, 0.25) is 5.91 Å². The molecule has 0 aliphatic carbocycles. The van der Waals surface area contributed by atoms with E-state index in [0.29, 0.717) is 17.3 Å². The van der Waals surface area contributed by atoms with Crippen molar-refractivity contribution in [1.82, 2.24) is 9.47 Å². The largest absolute Gasteiger partial charge is 0.468 e. The quantitative estimate of drug-likeness (QED) is 0.439. The second-order valence-corrected chi connectivity index (χ2v) is 8.09. The summed E-state index contributed by atoms with van der Waals surface area (Å²) < 4.78 is 20.2. The standard InChI is InChI=1S/C23H18FN3O5S/c1-32-21(29)13-26-11-14(15-6-2-5-9-18(15)26)10-19-22(30)27(23(31)33-19)12-20(28)25-17-8-4-3-7-16(17)24/h2-11H,12-13H2,1H3,(H,25,28). The molecule has 1 aliphatic rings. The van der Waals surface area contributed by atoms with Gasteiger partial charge in [-0.25, -0.2) is 4.39 Å². The number of methoxy groups -OCH3 is 1. The molecule has 0 atom stereocenters. The van der Waals surface area contributed by atoms with Crippen LogP contribution >= 0.6 is 11.8 Å². The Morgan fingerprint density at radius 1 is 1.09 bits per heavy atom. The summed E-state index contributed by atoms with van der Waals surface area (Å²) in [7, 11) is 1.30. The molecule has 0 unspecified atom stereocenters. The first-order chi connectivity index (χ1) is 15.9. The van der Waals surface area contributed by atoms with Crippen LogP contribution in [0.5, 0.6) is 0 Å². The zero-order chi connectivity index (χ0) is 23.5. The molecule has 0 radical (unpaired) electrons. The lowest BCUT2D eigenvalue weighted by Crippen LogP contribution is -2.36. The van der Waals surface area contributed by atoms with E-state index in [0.717, 1.165) is 15.8 Å². The molecule has 0 saturated carbocycles. The lowest BCUT2D eigenvalue weighted by molar-refractivity contribution is -0.141. The molecule has 3 amide bonds. The lowest BCUT2D eigenvalue weighted by Gasteiger charge is -2.12. The zero-order valence-corrected chi connectivity index (χ0v) is 18.2. The molecule has 10 heteroatoms. The van der Waals surface area contributed by atoms with Crippen molar-refractivity contribution in [3.63, 3.8) is 0 Å². The summed E-state index contributed by atoms with van der Waals surface area (Å²) in [6, 6.07) is 12.9. The molecule has 33 heavy (non-hydrogen) atoms. The number of imide groups is 1. The highest BCUT2D eigenvalue weighted by molar-refractivity contribution is 8.18.